The lowest BCUT2D eigenvalue weighted by atomic mass is 10.1. The number of benzene rings is 1. The van der Waals surface area contributed by atoms with Crippen molar-refractivity contribution in [3.05, 3.63) is 29.8 Å². The molecule has 2 rings (SSSR count). The molecule has 1 heterocycles. The van der Waals surface area contributed by atoms with Crippen LogP contribution >= 0.6 is 0 Å². The number of hydrogen-bond donors (Lipinski definition) is 2. The van der Waals surface area contributed by atoms with Crippen molar-refractivity contribution in [1.29, 1.82) is 5.41 Å². The molecule has 0 radical (unpaired) electrons. The Bertz CT molecular complexity index is 433. The third-order valence-electron chi connectivity index (χ3n) is 1.75. The number of hydrogen-bond acceptors (Lipinski definition) is 5. The summed E-state index contributed by atoms with van der Waals surface area (Å²) in [5.74, 6) is -0.237. The van der Waals surface area contributed by atoms with Crippen LogP contribution < -0.4 is 5.11 Å². The molecule has 0 saturated heterocycles. The number of nitrogens with one attached hydrogen (secondary N) is 2. The first kappa shape index (κ1) is 8.36. The van der Waals surface area contributed by atoms with E-state index in [1.165, 1.54) is 0 Å². The summed E-state index contributed by atoms with van der Waals surface area (Å²) in [5, 5.41) is 30.8. The van der Waals surface area contributed by atoms with Gasteiger partial charge >= 0.3 is 0 Å². The van der Waals surface area contributed by atoms with Gasteiger partial charge in [0.05, 0.1) is 0 Å². The van der Waals surface area contributed by atoms with Gasteiger partial charge in [0, 0.05) is 5.56 Å². The molecule has 2 N–H and O–H groups in total. The van der Waals surface area contributed by atoms with Crippen LogP contribution in [0.1, 0.15) is 5.56 Å². The molecule has 2 aromatic rings. The Morgan fingerprint density at radius 2 is 2.00 bits per heavy atom. The molecule has 1 aromatic carbocycles. The number of tetrazole rings is 1. The van der Waals surface area contributed by atoms with E-state index in [1.54, 1.807) is 24.3 Å². The average Bonchev–Trinajstić information content (AvgIpc) is 2.71. The smallest absolute Gasteiger partial charge is 0.204 e. The molecule has 0 saturated carbocycles. The highest BCUT2D eigenvalue weighted by Gasteiger charge is 2.01. The van der Waals surface area contributed by atoms with Crippen LogP contribution in [0.15, 0.2) is 24.3 Å². The highest BCUT2D eigenvalue weighted by Crippen LogP contribution is 2.13. The number of aromatic nitrogens is 4. The highest BCUT2D eigenvalue weighted by molar-refractivity contribution is 5.88. The Hall–Kier alpha value is -2.24. The molecule has 0 spiro atoms. The predicted molar refractivity (Wildman–Crippen MR) is 46.4 cm³/mol. The summed E-state index contributed by atoms with van der Waals surface area (Å²) in [6.07, 6.45) is 0. The molecular formula is C8H6N5O-. The fourth-order valence-electron chi connectivity index (χ4n) is 1.05. The second-order valence-corrected chi connectivity index (χ2v) is 2.64. The molecule has 0 aliphatic carbocycles. The second kappa shape index (κ2) is 3.25. The Morgan fingerprint density at radius 3 is 2.50 bits per heavy atom. The van der Waals surface area contributed by atoms with Crippen LogP contribution in [0.2, 0.25) is 0 Å². The quantitative estimate of drug-likeness (QED) is 0.492. The minimum absolute atomic E-state index is 0.345. The van der Waals surface area contributed by atoms with Crippen molar-refractivity contribution in [2.24, 2.45) is 0 Å². The molecule has 0 bridgehead atoms. The van der Waals surface area contributed by atoms with Gasteiger partial charge in [0.1, 0.15) is 0 Å². The number of aromatic amines is 1. The van der Waals surface area contributed by atoms with E-state index in [0.29, 0.717) is 11.4 Å². The van der Waals surface area contributed by atoms with Crippen LogP contribution in [0.5, 0.6) is 0 Å². The summed E-state index contributed by atoms with van der Waals surface area (Å²) in [5.41, 5.74) is 1.10. The zero-order valence-electron chi connectivity index (χ0n) is 7.06. The third kappa shape index (κ3) is 1.45. The van der Waals surface area contributed by atoms with Crippen LogP contribution in [0.25, 0.3) is 11.4 Å². The molecule has 70 valence electrons. The van der Waals surface area contributed by atoms with Gasteiger partial charge in [0.25, 0.3) is 0 Å². The number of H-pyrrole nitrogens is 1. The molecule has 0 fully saturated rings. The Balaban J connectivity index is 2.36. The van der Waals surface area contributed by atoms with Gasteiger partial charge in [-0.2, -0.15) is 5.21 Å². The molecule has 1 aromatic heterocycles. The van der Waals surface area contributed by atoms with Gasteiger partial charge in [0.2, 0.25) is 5.82 Å². The average molecular weight is 188 g/mol. The Morgan fingerprint density at radius 1 is 1.29 bits per heavy atom. The van der Waals surface area contributed by atoms with Crippen molar-refractivity contribution in [3.63, 3.8) is 0 Å². The van der Waals surface area contributed by atoms with E-state index < -0.39 is 5.90 Å². The molecule has 6 nitrogen and oxygen atoms in total. The fourth-order valence-corrected chi connectivity index (χ4v) is 1.05. The van der Waals surface area contributed by atoms with Crippen LogP contribution in [0.4, 0.5) is 0 Å². The highest BCUT2D eigenvalue weighted by atomic mass is 16.3. The molecule has 0 unspecified atom stereocenters. The SMILES string of the molecule is N=C([O-])c1ccc(-c2nn[nH]n2)cc1. The first-order valence-corrected chi connectivity index (χ1v) is 3.87. The van der Waals surface area contributed by atoms with Crippen LogP contribution in [-0.4, -0.2) is 26.5 Å². The molecule has 14 heavy (non-hydrogen) atoms. The van der Waals surface area contributed by atoms with Crippen molar-refractivity contribution in [3.8, 4) is 11.4 Å². The molecule has 0 aliphatic rings. The number of rotatable bonds is 2. The maximum atomic E-state index is 10.7. The maximum absolute atomic E-state index is 10.7. The van der Waals surface area contributed by atoms with Gasteiger partial charge in [-0.3, -0.25) is 0 Å². The zero-order valence-corrected chi connectivity index (χ0v) is 7.06. The van der Waals surface area contributed by atoms with Gasteiger partial charge in [-0.25, -0.2) is 0 Å². The van der Waals surface area contributed by atoms with E-state index in [1.807, 2.05) is 0 Å². The lowest BCUT2D eigenvalue weighted by Crippen LogP contribution is -2.16. The molecule has 6 heteroatoms. The molecule has 0 amide bonds. The molecular weight excluding hydrogens is 182 g/mol. The van der Waals surface area contributed by atoms with E-state index in [2.05, 4.69) is 20.6 Å². The third-order valence-corrected chi connectivity index (χ3v) is 1.75. The topological polar surface area (TPSA) is 101 Å². The van der Waals surface area contributed by atoms with Crippen LogP contribution in [0.3, 0.4) is 0 Å². The summed E-state index contributed by atoms with van der Waals surface area (Å²) in [4.78, 5) is 0. The summed E-state index contributed by atoms with van der Waals surface area (Å²) in [6, 6.07) is 6.46. The maximum Gasteiger partial charge on any atom is 0.204 e. The van der Waals surface area contributed by atoms with Gasteiger partial charge in [-0.15, -0.1) is 10.2 Å². The van der Waals surface area contributed by atoms with Gasteiger partial charge in [-0.05, 0) is 16.7 Å². The van der Waals surface area contributed by atoms with Crippen molar-refractivity contribution >= 4 is 5.90 Å². The lowest BCUT2D eigenvalue weighted by molar-refractivity contribution is -0.214. The molecule has 0 aliphatic heterocycles. The van der Waals surface area contributed by atoms with E-state index in [9.17, 15) is 5.11 Å². The van der Waals surface area contributed by atoms with Crippen molar-refractivity contribution in [1.82, 2.24) is 20.6 Å². The van der Waals surface area contributed by atoms with Crippen molar-refractivity contribution in [2.45, 2.75) is 0 Å². The minimum Gasteiger partial charge on any atom is -0.859 e. The summed E-state index contributed by atoms with van der Waals surface area (Å²) in [7, 11) is 0. The summed E-state index contributed by atoms with van der Waals surface area (Å²) < 4.78 is 0. The largest absolute Gasteiger partial charge is 0.859 e. The lowest BCUT2D eigenvalue weighted by Gasteiger charge is -2.06. The van der Waals surface area contributed by atoms with E-state index in [0.717, 1.165) is 5.56 Å². The minimum atomic E-state index is -0.704. The van der Waals surface area contributed by atoms with Crippen molar-refractivity contribution in [2.75, 3.05) is 0 Å². The monoisotopic (exact) mass is 188 g/mol. The van der Waals surface area contributed by atoms with E-state index >= 15 is 0 Å². The normalized spacial score (nSPS) is 10.0. The van der Waals surface area contributed by atoms with Gasteiger partial charge < -0.3 is 10.5 Å². The Kier molecular flexibility index (Phi) is 1.94. The van der Waals surface area contributed by atoms with E-state index in [-0.39, 0.29) is 0 Å². The standard InChI is InChI=1S/C8H7N5O/c9-7(14)5-1-3-6(4-2-5)8-10-12-13-11-8/h1-4H,(H2,9,14)(H,10,11,12,13)/p-1. The second-order valence-electron chi connectivity index (χ2n) is 2.64. The first-order valence-electron chi connectivity index (χ1n) is 3.87. The van der Waals surface area contributed by atoms with Crippen LogP contribution in [-0.2, 0) is 0 Å². The van der Waals surface area contributed by atoms with Crippen LogP contribution in [0, 0.1) is 5.41 Å². The number of nitrogens with zero attached hydrogens (tertiary/aromatic N) is 3. The van der Waals surface area contributed by atoms with E-state index in [4.69, 9.17) is 5.41 Å². The fraction of sp³-hybridized carbons (Fsp3) is 0. The first-order chi connectivity index (χ1) is 6.77. The zero-order chi connectivity index (χ0) is 9.97. The van der Waals surface area contributed by atoms with Gasteiger partial charge in [-0.1, -0.05) is 24.3 Å². The molecule has 0 atom stereocenters. The summed E-state index contributed by atoms with van der Waals surface area (Å²) in [6.45, 7) is 0. The Labute approximate surface area is 79.1 Å². The van der Waals surface area contributed by atoms with Crippen molar-refractivity contribution < 1.29 is 5.11 Å². The summed E-state index contributed by atoms with van der Waals surface area (Å²) >= 11 is 0. The predicted octanol–water partition coefficient (Wildman–Crippen LogP) is -0.448. The van der Waals surface area contributed by atoms with Gasteiger partial charge in [0.15, 0.2) is 0 Å².